The van der Waals surface area contributed by atoms with E-state index in [-0.39, 0.29) is 0 Å². The van der Waals surface area contributed by atoms with Gasteiger partial charge < -0.3 is 14.8 Å². The minimum absolute atomic E-state index is 0.547. The first-order valence-corrected chi connectivity index (χ1v) is 8.81. The highest BCUT2D eigenvalue weighted by atomic mass is 35.5. The summed E-state index contributed by atoms with van der Waals surface area (Å²) in [5, 5.41) is 4.52. The molecule has 1 aromatic carbocycles. The highest BCUT2D eigenvalue weighted by Gasteiger charge is 2.10. The number of hydrogen-bond donors (Lipinski definition) is 1. The third-order valence-corrected chi connectivity index (χ3v) is 3.74. The number of rotatable bonds is 10. The smallest absolute Gasteiger partial charge is 0.213 e. The van der Waals surface area contributed by atoms with Crippen molar-refractivity contribution in [2.45, 2.75) is 26.3 Å². The number of nitrogens with one attached hydrogen (secondary N) is 1. The highest BCUT2D eigenvalue weighted by Crippen LogP contribution is 2.32. The van der Waals surface area contributed by atoms with Crippen LogP contribution >= 0.6 is 23.2 Å². The van der Waals surface area contributed by atoms with Gasteiger partial charge in [0.1, 0.15) is 5.75 Å². The predicted octanol–water partition coefficient (Wildman–Crippen LogP) is 4.74. The molecule has 24 heavy (non-hydrogen) atoms. The summed E-state index contributed by atoms with van der Waals surface area (Å²) in [6, 6.07) is 9.21. The lowest BCUT2D eigenvalue weighted by molar-refractivity contribution is 0.295. The van der Waals surface area contributed by atoms with Crippen LogP contribution in [0, 0.1) is 0 Å². The van der Waals surface area contributed by atoms with Crippen LogP contribution in [0.25, 0.3) is 0 Å². The Labute approximate surface area is 153 Å². The molecule has 130 valence electrons. The first-order chi connectivity index (χ1) is 11.7. The number of ether oxygens (including phenoxy) is 2. The van der Waals surface area contributed by atoms with Gasteiger partial charge in [-0.3, -0.25) is 0 Å². The van der Waals surface area contributed by atoms with Gasteiger partial charge in [-0.15, -0.1) is 0 Å². The standard InChI is InChI=1S/C18H22Cl2N2O2/c1-2-9-24-18-14(11-15(19)12-16(18)20)13-21-7-5-10-23-17-6-3-4-8-22-17/h3-4,6,8,11-12,21H,2,5,7,9-10,13H2,1H3. The average Bonchev–Trinajstić information content (AvgIpc) is 2.58. The lowest BCUT2D eigenvalue weighted by Gasteiger charge is -2.14. The Kier molecular flexibility index (Phi) is 8.16. The van der Waals surface area contributed by atoms with Gasteiger partial charge in [0.15, 0.2) is 0 Å². The van der Waals surface area contributed by atoms with E-state index in [1.807, 2.05) is 24.3 Å². The molecule has 0 atom stereocenters. The minimum atomic E-state index is 0.547. The van der Waals surface area contributed by atoms with Gasteiger partial charge >= 0.3 is 0 Å². The van der Waals surface area contributed by atoms with Gasteiger partial charge in [0.25, 0.3) is 0 Å². The Bertz CT molecular complexity index is 624. The van der Waals surface area contributed by atoms with E-state index in [4.69, 9.17) is 32.7 Å². The Hall–Kier alpha value is -1.49. The summed E-state index contributed by atoms with van der Waals surface area (Å²) in [7, 11) is 0. The van der Waals surface area contributed by atoms with Gasteiger partial charge in [-0.1, -0.05) is 36.2 Å². The molecule has 0 aliphatic carbocycles. The van der Waals surface area contributed by atoms with E-state index < -0.39 is 0 Å². The van der Waals surface area contributed by atoms with E-state index in [0.717, 1.165) is 24.9 Å². The normalized spacial score (nSPS) is 10.6. The number of pyridine rings is 1. The van der Waals surface area contributed by atoms with E-state index in [2.05, 4.69) is 17.2 Å². The Morgan fingerprint density at radius 1 is 1.12 bits per heavy atom. The molecule has 1 aromatic heterocycles. The first-order valence-electron chi connectivity index (χ1n) is 8.06. The number of nitrogens with zero attached hydrogens (tertiary/aromatic N) is 1. The van der Waals surface area contributed by atoms with E-state index in [1.54, 1.807) is 12.3 Å². The summed E-state index contributed by atoms with van der Waals surface area (Å²) >= 11 is 12.3. The van der Waals surface area contributed by atoms with E-state index in [0.29, 0.717) is 41.4 Å². The second-order valence-electron chi connectivity index (χ2n) is 5.27. The van der Waals surface area contributed by atoms with Gasteiger partial charge in [-0.2, -0.15) is 0 Å². The molecule has 1 N–H and O–H groups in total. The largest absolute Gasteiger partial charge is 0.492 e. The van der Waals surface area contributed by atoms with Gasteiger partial charge in [0.05, 0.1) is 18.2 Å². The SMILES string of the molecule is CCCOc1c(Cl)cc(Cl)cc1CNCCCOc1ccccn1. The third kappa shape index (κ3) is 6.19. The summed E-state index contributed by atoms with van der Waals surface area (Å²) in [5.41, 5.74) is 0.964. The second kappa shape index (κ2) is 10.4. The molecule has 0 saturated carbocycles. The van der Waals surface area contributed by atoms with Crippen molar-refractivity contribution in [2.24, 2.45) is 0 Å². The van der Waals surface area contributed by atoms with Crippen LogP contribution in [0.2, 0.25) is 10.0 Å². The lowest BCUT2D eigenvalue weighted by Crippen LogP contribution is -2.18. The molecule has 1 heterocycles. The summed E-state index contributed by atoms with van der Waals surface area (Å²) in [4.78, 5) is 4.12. The molecule has 0 amide bonds. The van der Waals surface area contributed by atoms with Crippen molar-refractivity contribution >= 4 is 23.2 Å². The predicted molar refractivity (Wildman–Crippen MR) is 98.3 cm³/mol. The number of halogens is 2. The summed E-state index contributed by atoms with van der Waals surface area (Å²) in [6.07, 6.45) is 3.51. The molecule has 4 nitrogen and oxygen atoms in total. The lowest BCUT2D eigenvalue weighted by atomic mass is 10.2. The Morgan fingerprint density at radius 2 is 2.00 bits per heavy atom. The average molecular weight is 369 g/mol. The molecule has 0 fully saturated rings. The summed E-state index contributed by atoms with van der Waals surface area (Å²) in [5.74, 6) is 1.36. The van der Waals surface area contributed by atoms with Crippen LogP contribution in [0.15, 0.2) is 36.5 Å². The molecule has 0 spiro atoms. The molecule has 0 aliphatic rings. The van der Waals surface area contributed by atoms with Crippen LogP contribution < -0.4 is 14.8 Å². The number of benzene rings is 1. The van der Waals surface area contributed by atoms with Crippen molar-refractivity contribution in [2.75, 3.05) is 19.8 Å². The van der Waals surface area contributed by atoms with Crippen molar-refractivity contribution < 1.29 is 9.47 Å². The van der Waals surface area contributed by atoms with E-state index >= 15 is 0 Å². The second-order valence-corrected chi connectivity index (χ2v) is 6.11. The Morgan fingerprint density at radius 3 is 2.75 bits per heavy atom. The minimum Gasteiger partial charge on any atom is -0.492 e. The quantitative estimate of drug-likeness (QED) is 0.615. The fourth-order valence-electron chi connectivity index (χ4n) is 2.14. The molecule has 0 unspecified atom stereocenters. The van der Waals surface area contributed by atoms with E-state index in [1.165, 1.54) is 0 Å². The van der Waals surface area contributed by atoms with Crippen molar-refractivity contribution in [1.29, 1.82) is 0 Å². The molecular formula is C18H22Cl2N2O2. The molecule has 0 saturated heterocycles. The number of hydrogen-bond acceptors (Lipinski definition) is 4. The third-order valence-electron chi connectivity index (χ3n) is 3.24. The fourth-order valence-corrected chi connectivity index (χ4v) is 2.73. The summed E-state index contributed by atoms with van der Waals surface area (Å²) < 4.78 is 11.3. The van der Waals surface area contributed by atoms with Gasteiger partial charge in [0.2, 0.25) is 5.88 Å². The van der Waals surface area contributed by atoms with Gasteiger partial charge in [0, 0.05) is 29.4 Å². The zero-order chi connectivity index (χ0) is 17.2. The molecule has 6 heteroatoms. The molecule has 2 rings (SSSR count). The Balaban J connectivity index is 1.77. The van der Waals surface area contributed by atoms with Crippen LogP contribution in [0.3, 0.4) is 0 Å². The molecule has 2 aromatic rings. The van der Waals surface area contributed by atoms with Gasteiger partial charge in [-0.05, 0) is 37.6 Å². The van der Waals surface area contributed by atoms with Crippen molar-refractivity contribution in [3.63, 3.8) is 0 Å². The molecule has 0 bridgehead atoms. The summed E-state index contributed by atoms with van der Waals surface area (Å²) in [6.45, 7) is 4.75. The number of aromatic nitrogens is 1. The highest BCUT2D eigenvalue weighted by molar-refractivity contribution is 6.35. The van der Waals surface area contributed by atoms with Crippen molar-refractivity contribution in [3.05, 3.63) is 52.1 Å². The molecule has 0 aliphatic heterocycles. The maximum Gasteiger partial charge on any atom is 0.213 e. The van der Waals surface area contributed by atoms with Crippen LogP contribution in [-0.4, -0.2) is 24.7 Å². The maximum absolute atomic E-state index is 6.24. The van der Waals surface area contributed by atoms with Gasteiger partial charge in [-0.25, -0.2) is 4.98 Å². The monoisotopic (exact) mass is 368 g/mol. The van der Waals surface area contributed by atoms with Crippen LogP contribution in [0.4, 0.5) is 0 Å². The zero-order valence-electron chi connectivity index (χ0n) is 13.7. The first kappa shape index (κ1) is 18.8. The van der Waals surface area contributed by atoms with Crippen LogP contribution in [0.1, 0.15) is 25.3 Å². The topological polar surface area (TPSA) is 43.4 Å². The van der Waals surface area contributed by atoms with E-state index in [9.17, 15) is 0 Å². The van der Waals surface area contributed by atoms with Crippen LogP contribution in [0.5, 0.6) is 11.6 Å². The fraction of sp³-hybridized carbons (Fsp3) is 0.389. The van der Waals surface area contributed by atoms with Crippen LogP contribution in [-0.2, 0) is 6.54 Å². The van der Waals surface area contributed by atoms with Crippen molar-refractivity contribution in [1.82, 2.24) is 10.3 Å². The zero-order valence-corrected chi connectivity index (χ0v) is 15.2. The molecular weight excluding hydrogens is 347 g/mol. The molecule has 0 radical (unpaired) electrons. The maximum atomic E-state index is 6.24. The van der Waals surface area contributed by atoms with Crippen molar-refractivity contribution in [3.8, 4) is 11.6 Å².